The molecule has 9 heteroatoms. The van der Waals surface area contributed by atoms with Gasteiger partial charge in [0.15, 0.2) is 5.65 Å². The number of carbonyl (C=O) groups is 1. The van der Waals surface area contributed by atoms with Crippen molar-refractivity contribution in [2.45, 2.75) is 19.3 Å². The first-order chi connectivity index (χ1) is 17.7. The maximum absolute atomic E-state index is 12.4. The minimum Gasteiger partial charge on any atom is -0.353 e. The zero-order valence-corrected chi connectivity index (χ0v) is 20.0. The van der Waals surface area contributed by atoms with Crippen molar-refractivity contribution in [3.8, 4) is 33.8 Å². The second-order valence-corrected chi connectivity index (χ2v) is 9.87. The third-order valence-corrected chi connectivity index (χ3v) is 7.52. The van der Waals surface area contributed by atoms with Crippen molar-refractivity contribution in [2.24, 2.45) is 5.92 Å². The Morgan fingerprint density at radius 1 is 1.00 bits per heavy atom. The van der Waals surface area contributed by atoms with Gasteiger partial charge in [-0.05, 0) is 48.6 Å². The summed E-state index contributed by atoms with van der Waals surface area (Å²) >= 11 is 1.66. The number of H-pyrrole nitrogens is 2. The molecule has 0 saturated heterocycles. The molecule has 7 rings (SSSR count). The number of hydrogen-bond donors (Lipinski definition) is 3. The predicted molar refractivity (Wildman–Crippen MR) is 141 cm³/mol. The molecule has 1 aliphatic rings. The molecule has 6 heterocycles. The predicted octanol–water partition coefficient (Wildman–Crippen LogP) is 6.03. The van der Waals surface area contributed by atoms with Gasteiger partial charge in [-0.3, -0.25) is 19.9 Å². The lowest BCUT2D eigenvalue weighted by atomic mass is 9.85. The van der Waals surface area contributed by atoms with Crippen LogP contribution in [-0.4, -0.2) is 36.0 Å². The summed E-state index contributed by atoms with van der Waals surface area (Å²) in [6.07, 6.45) is 10.1. The third kappa shape index (κ3) is 3.56. The first-order valence-electron chi connectivity index (χ1n) is 11.8. The number of aromatic nitrogens is 6. The van der Waals surface area contributed by atoms with Crippen LogP contribution in [0.4, 0.5) is 5.69 Å². The van der Waals surface area contributed by atoms with Gasteiger partial charge in [0.05, 0.1) is 29.0 Å². The fraction of sp³-hybridized carbons (Fsp3) is 0.148. The van der Waals surface area contributed by atoms with Crippen molar-refractivity contribution in [3.63, 3.8) is 0 Å². The van der Waals surface area contributed by atoms with Crippen LogP contribution in [0.25, 0.3) is 55.7 Å². The normalized spacial score (nSPS) is 13.8. The summed E-state index contributed by atoms with van der Waals surface area (Å²) < 4.78 is 0. The van der Waals surface area contributed by atoms with E-state index in [9.17, 15) is 4.79 Å². The molecule has 0 aliphatic heterocycles. The molecule has 1 amide bonds. The molecule has 1 aliphatic carbocycles. The van der Waals surface area contributed by atoms with Crippen LogP contribution in [0.2, 0.25) is 0 Å². The van der Waals surface area contributed by atoms with Crippen LogP contribution >= 0.6 is 11.3 Å². The molecule has 0 radical (unpaired) electrons. The van der Waals surface area contributed by atoms with Crippen molar-refractivity contribution >= 4 is 44.9 Å². The summed E-state index contributed by atoms with van der Waals surface area (Å²) in [6.45, 7) is 0. The largest absolute Gasteiger partial charge is 0.353 e. The topological polar surface area (TPSA) is 112 Å². The Morgan fingerprint density at radius 2 is 1.92 bits per heavy atom. The van der Waals surface area contributed by atoms with Crippen LogP contribution in [-0.2, 0) is 4.79 Å². The van der Waals surface area contributed by atoms with Crippen LogP contribution in [0.5, 0.6) is 0 Å². The molecule has 0 bridgehead atoms. The lowest BCUT2D eigenvalue weighted by molar-refractivity contribution is -0.122. The van der Waals surface area contributed by atoms with Gasteiger partial charge in [-0.1, -0.05) is 6.42 Å². The molecule has 8 nitrogen and oxygen atoms in total. The number of amides is 1. The van der Waals surface area contributed by atoms with Crippen LogP contribution < -0.4 is 5.32 Å². The van der Waals surface area contributed by atoms with Crippen LogP contribution in [0.3, 0.4) is 0 Å². The number of aromatic amines is 2. The molecule has 6 aromatic rings. The van der Waals surface area contributed by atoms with E-state index in [-0.39, 0.29) is 11.8 Å². The van der Waals surface area contributed by atoms with E-state index < -0.39 is 0 Å². The molecule has 0 spiro atoms. The van der Waals surface area contributed by atoms with Crippen LogP contribution in [0.15, 0.2) is 65.9 Å². The summed E-state index contributed by atoms with van der Waals surface area (Å²) in [4.78, 5) is 29.4. The van der Waals surface area contributed by atoms with Gasteiger partial charge in [0.2, 0.25) is 5.91 Å². The Hall–Kier alpha value is -4.37. The van der Waals surface area contributed by atoms with E-state index in [2.05, 4.69) is 64.4 Å². The van der Waals surface area contributed by atoms with Gasteiger partial charge in [-0.15, -0.1) is 0 Å². The Balaban J connectivity index is 1.26. The molecule has 1 fully saturated rings. The second-order valence-electron chi connectivity index (χ2n) is 9.09. The quantitative estimate of drug-likeness (QED) is 0.273. The number of pyridine rings is 3. The van der Waals surface area contributed by atoms with Gasteiger partial charge >= 0.3 is 0 Å². The highest BCUT2D eigenvalue weighted by Gasteiger charge is 2.25. The summed E-state index contributed by atoms with van der Waals surface area (Å²) in [5.74, 6) is 0.188. The average molecular weight is 492 g/mol. The summed E-state index contributed by atoms with van der Waals surface area (Å²) in [5.41, 5.74) is 7.93. The van der Waals surface area contributed by atoms with Crippen molar-refractivity contribution in [1.29, 1.82) is 0 Å². The van der Waals surface area contributed by atoms with Crippen LogP contribution in [0, 0.1) is 5.92 Å². The third-order valence-electron chi connectivity index (χ3n) is 6.84. The van der Waals surface area contributed by atoms with Crippen LogP contribution in [0.1, 0.15) is 19.3 Å². The van der Waals surface area contributed by atoms with E-state index in [1.165, 1.54) is 0 Å². The minimum atomic E-state index is 0.0704. The van der Waals surface area contributed by atoms with Crippen molar-refractivity contribution in [2.75, 3.05) is 5.32 Å². The standard InChI is InChI=1S/C27H21N7OS/c35-27(15-2-1-3-15)31-19-8-17(11-28-13-19)18-9-21-25(33-34-26(21)30-12-18)23-10-20-22(32-23)4-6-29-24(20)16-5-7-36-14-16/h4-15,32H,1-3H2,(H,31,35)(H,30,33,34). The van der Waals surface area contributed by atoms with E-state index in [0.29, 0.717) is 11.3 Å². The highest BCUT2D eigenvalue weighted by molar-refractivity contribution is 7.08. The second kappa shape index (κ2) is 8.39. The van der Waals surface area contributed by atoms with Crippen molar-refractivity contribution in [1.82, 2.24) is 30.1 Å². The number of rotatable bonds is 5. The maximum atomic E-state index is 12.4. The molecular weight excluding hydrogens is 470 g/mol. The van der Waals surface area contributed by atoms with E-state index in [0.717, 1.165) is 69.3 Å². The average Bonchev–Trinajstić information content (AvgIpc) is 3.61. The Bertz CT molecular complexity index is 1730. The van der Waals surface area contributed by atoms with E-state index in [4.69, 9.17) is 0 Å². The number of nitrogens with zero attached hydrogens (tertiary/aromatic N) is 4. The Labute approximate surface area is 209 Å². The number of thiophene rings is 1. The molecule has 0 unspecified atom stereocenters. The summed E-state index contributed by atoms with van der Waals surface area (Å²) in [7, 11) is 0. The molecule has 3 N–H and O–H groups in total. The highest BCUT2D eigenvalue weighted by Crippen LogP contribution is 2.34. The molecule has 176 valence electrons. The zero-order chi connectivity index (χ0) is 24.1. The summed E-state index contributed by atoms with van der Waals surface area (Å²) in [6, 6.07) is 10.2. The maximum Gasteiger partial charge on any atom is 0.227 e. The van der Waals surface area contributed by atoms with E-state index in [1.807, 2.05) is 18.3 Å². The molecule has 1 saturated carbocycles. The van der Waals surface area contributed by atoms with Crippen molar-refractivity contribution < 1.29 is 4.79 Å². The molecule has 36 heavy (non-hydrogen) atoms. The van der Waals surface area contributed by atoms with Gasteiger partial charge < -0.3 is 10.3 Å². The van der Waals surface area contributed by atoms with Gasteiger partial charge in [0.25, 0.3) is 0 Å². The molecule has 6 aromatic heterocycles. The fourth-order valence-electron chi connectivity index (χ4n) is 4.66. The van der Waals surface area contributed by atoms with E-state index >= 15 is 0 Å². The smallest absolute Gasteiger partial charge is 0.227 e. The Morgan fingerprint density at radius 3 is 2.75 bits per heavy atom. The first kappa shape index (κ1) is 21.0. The van der Waals surface area contributed by atoms with Gasteiger partial charge in [0.1, 0.15) is 0 Å². The lowest BCUT2D eigenvalue weighted by Gasteiger charge is -2.24. The number of nitrogens with one attached hydrogen (secondary N) is 3. The van der Waals surface area contributed by atoms with Gasteiger partial charge in [0, 0.05) is 62.9 Å². The SMILES string of the molecule is O=C(Nc1cncc(-c2cnc3n[nH]c(-c4cc5c(-c6ccsc6)nccc5[nH]4)c3c2)c1)C1CCC1. The number of hydrogen-bond acceptors (Lipinski definition) is 6. The zero-order valence-electron chi connectivity index (χ0n) is 19.2. The first-order valence-corrected chi connectivity index (χ1v) is 12.8. The molecule has 0 aromatic carbocycles. The highest BCUT2D eigenvalue weighted by atomic mass is 32.1. The Kier molecular flexibility index (Phi) is 4.88. The fourth-order valence-corrected chi connectivity index (χ4v) is 5.30. The number of carbonyl (C=O) groups excluding carboxylic acids is 1. The molecular formula is C27H21N7OS. The lowest BCUT2D eigenvalue weighted by Crippen LogP contribution is -2.28. The number of fused-ring (bicyclic) bond motifs is 2. The molecule has 0 atom stereocenters. The minimum absolute atomic E-state index is 0.0704. The van der Waals surface area contributed by atoms with Gasteiger partial charge in [-0.2, -0.15) is 16.4 Å². The van der Waals surface area contributed by atoms with Gasteiger partial charge in [-0.25, -0.2) is 4.98 Å². The van der Waals surface area contributed by atoms with Crippen molar-refractivity contribution in [3.05, 3.63) is 65.9 Å². The summed E-state index contributed by atoms with van der Waals surface area (Å²) in [5, 5.41) is 16.7. The monoisotopic (exact) mass is 491 g/mol. The number of anilines is 1. The van der Waals surface area contributed by atoms with E-state index in [1.54, 1.807) is 29.9 Å².